The smallest absolute Gasteiger partial charge is 0.272 e. The molecule has 0 aliphatic carbocycles. The molecule has 1 atom stereocenters. The summed E-state index contributed by atoms with van der Waals surface area (Å²) in [6.07, 6.45) is -0.385. The molecule has 1 rings (SSSR count). The molecule has 1 N–H and O–H groups in total. The Labute approximate surface area is 86.3 Å². The molecule has 0 saturated carbocycles. The van der Waals surface area contributed by atoms with Gasteiger partial charge in [0, 0.05) is 23.1 Å². The predicted molar refractivity (Wildman–Crippen MR) is 53.5 cm³/mol. The standard InChI is InChI=1S/C9H10ClNO3/c1-6(12)4-7-5-8(10)2-3-9(7)11(13)14/h2-3,5-6,12H,4H2,1H3. The predicted octanol–water partition coefficient (Wildman–Crippen LogP) is 2.17. The quantitative estimate of drug-likeness (QED) is 0.621. The van der Waals surface area contributed by atoms with E-state index in [0.717, 1.165) is 0 Å². The average molecular weight is 216 g/mol. The lowest BCUT2D eigenvalue weighted by molar-refractivity contribution is -0.385. The Kier molecular flexibility index (Phi) is 3.43. The Morgan fingerprint density at radius 3 is 2.79 bits per heavy atom. The van der Waals surface area contributed by atoms with Gasteiger partial charge in [-0.25, -0.2) is 0 Å². The third-order valence-electron chi connectivity index (χ3n) is 1.75. The number of nitro benzene ring substituents is 1. The van der Waals surface area contributed by atoms with E-state index in [-0.39, 0.29) is 12.1 Å². The first-order valence-corrected chi connectivity index (χ1v) is 4.49. The van der Waals surface area contributed by atoms with Gasteiger partial charge < -0.3 is 5.11 Å². The lowest BCUT2D eigenvalue weighted by atomic mass is 10.1. The molecule has 0 radical (unpaired) electrons. The van der Waals surface area contributed by atoms with Crippen molar-refractivity contribution >= 4 is 17.3 Å². The highest BCUT2D eigenvalue weighted by Crippen LogP contribution is 2.23. The van der Waals surface area contributed by atoms with E-state index in [1.165, 1.54) is 18.2 Å². The molecule has 0 aliphatic heterocycles. The molecule has 76 valence electrons. The molecule has 4 nitrogen and oxygen atoms in total. The van der Waals surface area contributed by atoms with E-state index in [1.54, 1.807) is 6.92 Å². The zero-order valence-corrected chi connectivity index (χ0v) is 8.36. The Hall–Kier alpha value is -1.13. The first-order valence-electron chi connectivity index (χ1n) is 4.11. The third-order valence-corrected chi connectivity index (χ3v) is 1.99. The molecule has 1 unspecified atom stereocenters. The number of rotatable bonds is 3. The number of aliphatic hydroxyl groups is 1. The summed E-state index contributed by atoms with van der Waals surface area (Å²) in [5.41, 5.74) is 0.452. The summed E-state index contributed by atoms with van der Waals surface area (Å²) in [5.74, 6) is 0. The van der Waals surface area contributed by atoms with Crippen molar-refractivity contribution in [3.8, 4) is 0 Å². The van der Waals surface area contributed by atoms with Crippen LogP contribution in [0.25, 0.3) is 0 Å². The van der Waals surface area contributed by atoms with Gasteiger partial charge in [0.15, 0.2) is 0 Å². The van der Waals surface area contributed by atoms with E-state index in [0.29, 0.717) is 10.6 Å². The molecule has 0 spiro atoms. The van der Waals surface area contributed by atoms with Gasteiger partial charge in [0.25, 0.3) is 5.69 Å². The largest absolute Gasteiger partial charge is 0.393 e. The van der Waals surface area contributed by atoms with Crippen LogP contribution >= 0.6 is 11.6 Å². The van der Waals surface area contributed by atoms with Crippen molar-refractivity contribution in [2.45, 2.75) is 19.4 Å². The van der Waals surface area contributed by atoms with Gasteiger partial charge >= 0.3 is 0 Å². The summed E-state index contributed by atoms with van der Waals surface area (Å²) in [5, 5.41) is 20.2. The molecule has 1 aromatic rings. The van der Waals surface area contributed by atoms with E-state index < -0.39 is 11.0 Å². The highest BCUT2D eigenvalue weighted by atomic mass is 35.5. The fourth-order valence-corrected chi connectivity index (χ4v) is 1.41. The van der Waals surface area contributed by atoms with Gasteiger partial charge in [-0.2, -0.15) is 0 Å². The Morgan fingerprint density at radius 2 is 2.29 bits per heavy atom. The van der Waals surface area contributed by atoms with Gasteiger partial charge in [0.1, 0.15) is 0 Å². The van der Waals surface area contributed by atoms with Crippen LogP contribution in [-0.4, -0.2) is 16.1 Å². The van der Waals surface area contributed by atoms with Crippen molar-refractivity contribution in [2.75, 3.05) is 0 Å². The number of hydrogen-bond acceptors (Lipinski definition) is 3. The summed E-state index contributed by atoms with van der Waals surface area (Å²) in [7, 11) is 0. The number of nitrogens with zero attached hydrogens (tertiary/aromatic N) is 1. The first kappa shape index (κ1) is 10.9. The van der Waals surface area contributed by atoms with Crippen LogP contribution in [-0.2, 0) is 6.42 Å². The number of benzene rings is 1. The summed E-state index contributed by atoms with van der Waals surface area (Å²) < 4.78 is 0. The van der Waals surface area contributed by atoms with Crippen LogP contribution in [0.3, 0.4) is 0 Å². The molecule has 0 aliphatic rings. The zero-order valence-electron chi connectivity index (χ0n) is 7.61. The van der Waals surface area contributed by atoms with Crippen molar-refractivity contribution in [1.82, 2.24) is 0 Å². The minimum absolute atomic E-state index is 0.00435. The molecule has 1 aromatic carbocycles. The van der Waals surface area contributed by atoms with Crippen molar-refractivity contribution in [3.05, 3.63) is 38.9 Å². The van der Waals surface area contributed by atoms with E-state index in [1.807, 2.05) is 0 Å². The summed E-state index contributed by atoms with van der Waals surface area (Å²) >= 11 is 5.70. The molecule has 0 heterocycles. The van der Waals surface area contributed by atoms with Crippen molar-refractivity contribution in [3.63, 3.8) is 0 Å². The van der Waals surface area contributed by atoms with Crippen molar-refractivity contribution in [1.29, 1.82) is 0 Å². The summed E-state index contributed by atoms with van der Waals surface area (Å²) in [6.45, 7) is 1.57. The topological polar surface area (TPSA) is 63.4 Å². The van der Waals surface area contributed by atoms with Gasteiger partial charge in [0.05, 0.1) is 11.0 Å². The molecule has 0 amide bonds. The van der Waals surface area contributed by atoms with E-state index in [9.17, 15) is 10.1 Å². The Morgan fingerprint density at radius 1 is 1.64 bits per heavy atom. The van der Waals surface area contributed by atoms with Crippen LogP contribution in [0.2, 0.25) is 5.02 Å². The maximum atomic E-state index is 10.6. The molecular weight excluding hydrogens is 206 g/mol. The van der Waals surface area contributed by atoms with Crippen LogP contribution < -0.4 is 0 Å². The average Bonchev–Trinajstić information content (AvgIpc) is 2.01. The zero-order chi connectivity index (χ0) is 10.7. The number of nitro groups is 1. The maximum absolute atomic E-state index is 10.6. The van der Waals surface area contributed by atoms with Crippen LogP contribution in [0.5, 0.6) is 0 Å². The normalized spacial score (nSPS) is 12.5. The lowest BCUT2D eigenvalue weighted by Crippen LogP contribution is -2.06. The lowest BCUT2D eigenvalue weighted by Gasteiger charge is -2.05. The number of halogens is 1. The van der Waals surface area contributed by atoms with E-state index >= 15 is 0 Å². The molecular formula is C9H10ClNO3. The molecule has 0 bridgehead atoms. The summed E-state index contributed by atoms with van der Waals surface area (Å²) in [4.78, 5) is 10.1. The first-order chi connectivity index (χ1) is 6.50. The van der Waals surface area contributed by atoms with E-state index in [2.05, 4.69) is 0 Å². The molecule has 0 aromatic heterocycles. The third kappa shape index (κ3) is 2.68. The highest BCUT2D eigenvalue weighted by Gasteiger charge is 2.14. The van der Waals surface area contributed by atoms with Crippen LogP contribution in [0.1, 0.15) is 12.5 Å². The Bertz CT molecular complexity index is 352. The van der Waals surface area contributed by atoms with Gasteiger partial charge in [0.2, 0.25) is 0 Å². The highest BCUT2D eigenvalue weighted by molar-refractivity contribution is 6.30. The second-order valence-electron chi connectivity index (χ2n) is 3.08. The SMILES string of the molecule is CC(O)Cc1cc(Cl)ccc1[N+](=O)[O-]. The van der Waals surface area contributed by atoms with Gasteiger partial charge in [-0.15, -0.1) is 0 Å². The molecule has 0 fully saturated rings. The maximum Gasteiger partial charge on any atom is 0.272 e. The second-order valence-corrected chi connectivity index (χ2v) is 3.52. The number of hydrogen-bond donors (Lipinski definition) is 1. The summed E-state index contributed by atoms with van der Waals surface area (Å²) in [6, 6.07) is 4.32. The van der Waals surface area contributed by atoms with E-state index in [4.69, 9.17) is 16.7 Å². The number of aliphatic hydroxyl groups excluding tert-OH is 1. The molecule has 14 heavy (non-hydrogen) atoms. The van der Waals surface area contributed by atoms with Crippen LogP contribution in [0, 0.1) is 10.1 Å². The van der Waals surface area contributed by atoms with Gasteiger partial charge in [-0.1, -0.05) is 11.6 Å². The monoisotopic (exact) mass is 215 g/mol. The van der Waals surface area contributed by atoms with Crippen LogP contribution in [0.15, 0.2) is 18.2 Å². The fourth-order valence-electron chi connectivity index (χ4n) is 1.21. The minimum atomic E-state index is -0.618. The molecule has 0 saturated heterocycles. The minimum Gasteiger partial charge on any atom is -0.393 e. The van der Waals surface area contributed by atoms with Gasteiger partial charge in [-0.3, -0.25) is 10.1 Å². The van der Waals surface area contributed by atoms with Crippen molar-refractivity contribution in [2.24, 2.45) is 0 Å². The fraction of sp³-hybridized carbons (Fsp3) is 0.333. The van der Waals surface area contributed by atoms with Crippen molar-refractivity contribution < 1.29 is 10.0 Å². The Balaban J connectivity index is 3.09. The molecule has 5 heteroatoms. The van der Waals surface area contributed by atoms with Gasteiger partial charge in [-0.05, 0) is 19.1 Å². The second kappa shape index (κ2) is 4.39. The van der Waals surface area contributed by atoms with Crippen LogP contribution in [0.4, 0.5) is 5.69 Å².